The van der Waals surface area contributed by atoms with Crippen molar-refractivity contribution in [3.8, 4) is 0 Å². The van der Waals surface area contributed by atoms with Crippen LogP contribution in [0.4, 0.5) is 5.69 Å². The summed E-state index contributed by atoms with van der Waals surface area (Å²) in [5.41, 5.74) is 5.85. The molecule has 2 rings (SSSR count). The van der Waals surface area contributed by atoms with E-state index < -0.39 is 5.97 Å². The number of nitrogens with one attached hydrogen (secondary N) is 1. The lowest BCUT2D eigenvalue weighted by Crippen LogP contribution is -1.97. The van der Waals surface area contributed by atoms with Gasteiger partial charge in [0.1, 0.15) is 0 Å². The number of anilines is 1. The molecule has 0 bridgehead atoms. The zero-order chi connectivity index (χ0) is 14.2. The van der Waals surface area contributed by atoms with E-state index in [9.17, 15) is 4.79 Å². The Hall–Kier alpha value is -2.62. The largest absolute Gasteiger partial charge is 0.481 e. The molecule has 0 aliphatic rings. The number of benzene rings is 2. The summed E-state index contributed by atoms with van der Waals surface area (Å²) >= 11 is 0. The van der Waals surface area contributed by atoms with Crippen LogP contribution in [0.15, 0.2) is 59.7 Å². The Morgan fingerprint density at radius 2 is 1.80 bits per heavy atom. The minimum absolute atomic E-state index is 0.156. The molecule has 0 heterocycles. The van der Waals surface area contributed by atoms with Crippen molar-refractivity contribution < 1.29 is 9.90 Å². The molecule has 0 aliphatic heterocycles. The first-order chi connectivity index (χ1) is 9.74. The third-order valence-electron chi connectivity index (χ3n) is 2.79. The predicted molar refractivity (Wildman–Crippen MR) is 80.1 cm³/mol. The highest BCUT2D eigenvalue weighted by Crippen LogP contribution is 2.07. The molecule has 0 amide bonds. The lowest BCUT2D eigenvalue weighted by atomic mass is 10.1. The van der Waals surface area contributed by atoms with Crippen molar-refractivity contribution >= 4 is 17.9 Å². The van der Waals surface area contributed by atoms with Gasteiger partial charge in [0.25, 0.3) is 0 Å². The average molecular weight is 268 g/mol. The highest BCUT2D eigenvalue weighted by atomic mass is 16.4. The van der Waals surface area contributed by atoms with Gasteiger partial charge in [0.05, 0.1) is 11.9 Å². The molecule has 0 aromatic heterocycles. The standard InChI is InChI=1S/C16H16N2O2/c19-16(20)11-10-13-6-8-14(9-7-13)12-17-18-15-4-2-1-3-5-15/h1-9,12,18H,10-11H2,(H,19,20). The molecule has 2 N–H and O–H groups in total. The zero-order valence-electron chi connectivity index (χ0n) is 11.0. The number of aliphatic carboxylic acids is 1. The van der Waals surface area contributed by atoms with Crippen LogP contribution in [0.25, 0.3) is 0 Å². The number of aryl methyl sites for hydroxylation is 1. The van der Waals surface area contributed by atoms with Gasteiger partial charge in [-0.25, -0.2) is 0 Å². The summed E-state index contributed by atoms with van der Waals surface area (Å²) in [5, 5.41) is 12.8. The van der Waals surface area contributed by atoms with Gasteiger partial charge >= 0.3 is 5.97 Å². The van der Waals surface area contributed by atoms with Crippen molar-refractivity contribution in [2.24, 2.45) is 5.10 Å². The number of carboxylic acid groups (broad SMARTS) is 1. The smallest absolute Gasteiger partial charge is 0.303 e. The molecule has 4 heteroatoms. The fourth-order valence-corrected chi connectivity index (χ4v) is 1.72. The molecule has 0 fully saturated rings. The fourth-order valence-electron chi connectivity index (χ4n) is 1.72. The highest BCUT2D eigenvalue weighted by molar-refractivity contribution is 5.80. The van der Waals surface area contributed by atoms with Crippen molar-refractivity contribution in [2.75, 3.05) is 5.43 Å². The van der Waals surface area contributed by atoms with Gasteiger partial charge in [0.2, 0.25) is 0 Å². The van der Waals surface area contributed by atoms with E-state index in [1.54, 1.807) is 6.21 Å². The topological polar surface area (TPSA) is 61.7 Å². The second-order valence-electron chi connectivity index (χ2n) is 4.37. The molecule has 102 valence electrons. The molecule has 0 saturated heterocycles. The summed E-state index contributed by atoms with van der Waals surface area (Å²) in [6, 6.07) is 17.4. The monoisotopic (exact) mass is 268 g/mol. The van der Waals surface area contributed by atoms with E-state index in [1.807, 2.05) is 54.6 Å². The van der Waals surface area contributed by atoms with Crippen LogP contribution in [0.5, 0.6) is 0 Å². The molecule has 0 unspecified atom stereocenters. The first-order valence-electron chi connectivity index (χ1n) is 6.39. The molecule has 0 saturated carbocycles. The first kappa shape index (κ1) is 13.8. The van der Waals surface area contributed by atoms with Crippen molar-refractivity contribution in [1.29, 1.82) is 0 Å². The van der Waals surface area contributed by atoms with Gasteiger partial charge in [-0.1, -0.05) is 42.5 Å². The Labute approximate surface area is 117 Å². The summed E-state index contributed by atoms with van der Waals surface area (Å²) in [7, 11) is 0. The molecule has 4 nitrogen and oxygen atoms in total. The maximum absolute atomic E-state index is 10.5. The van der Waals surface area contributed by atoms with E-state index in [-0.39, 0.29) is 6.42 Å². The van der Waals surface area contributed by atoms with Crippen LogP contribution >= 0.6 is 0 Å². The van der Waals surface area contributed by atoms with Gasteiger partial charge in [-0.05, 0) is 29.7 Å². The van der Waals surface area contributed by atoms with Gasteiger partial charge in [-0.2, -0.15) is 5.10 Å². The lowest BCUT2D eigenvalue weighted by molar-refractivity contribution is -0.136. The summed E-state index contributed by atoms with van der Waals surface area (Å²) in [5.74, 6) is -0.775. The Morgan fingerprint density at radius 1 is 1.10 bits per heavy atom. The first-order valence-corrected chi connectivity index (χ1v) is 6.39. The number of hydrazone groups is 1. The SMILES string of the molecule is O=C(O)CCc1ccc(C=NNc2ccccc2)cc1. The third kappa shape index (κ3) is 4.57. The lowest BCUT2D eigenvalue weighted by Gasteiger charge is -2.00. The predicted octanol–water partition coefficient (Wildman–Crippen LogP) is 3.15. The average Bonchev–Trinajstić information content (AvgIpc) is 2.47. The van der Waals surface area contributed by atoms with E-state index in [0.717, 1.165) is 16.8 Å². The molecular weight excluding hydrogens is 252 g/mol. The van der Waals surface area contributed by atoms with Crippen molar-refractivity contribution in [1.82, 2.24) is 0 Å². The van der Waals surface area contributed by atoms with E-state index in [2.05, 4.69) is 10.5 Å². The number of nitrogens with zero attached hydrogens (tertiary/aromatic N) is 1. The van der Waals surface area contributed by atoms with Crippen LogP contribution in [0.3, 0.4) is 0 Å². The van der Waals surface area contributed by atoms with Crippen molar-refractivity contribution in [3.63, 3.8) is 0 Å². The van der Waals surface area contributed by atoms with Gasteiger partial charge in [0, 0.05) is 6.42 Å². The molecule has 0 atom stereocenters. The van der Waals surface area contributed by atoms with E-state index in [0.29, 0.717) is 6.42 Å². The number of hydrogen-bond donors (Lipinski definition) is 2. The number of carbonyl (C=O) groups is 1. The number of rotatable bonds is 6. The summed E-state index contributed by atoms with van der Waals surface area (Å²) < 4.78 is 0. The number of para-hydroxylation sites is 1. The fraction of sp³-hybridized carbons (Fsp3) is 0.125. The molecular formula is C16H16N2O2. The molecule has 2 aromatic carbocycles. The highest BCUT2D eigenvalue weighted by Gasteiger charge is 1.98. The Morgan fingerprint density at radius 3 is 2.45 bits per heavy atom. The molecule has 0 radical (unpaired) electrons. The maximum atomic E-state index is 10.5. The normalized spacial score (nSPS) is 10.6. The van der Waals surface area contributed by atoms with Crippen LogP contribution < -0.4 is 5.43 Å². The van der Waals surface area contributed by atoms with Crippen LogP contribution in [-0.4, -0.2) is 17.3 Å². The second-order valence-corrected chi connectivity index (χ2v) is 4.37. The van der Waals surface area contributed by atoms with E-state index in [1.165, 1.54) is 0 Å². The summed E-state index contributed by atoms with van der Waals surface area (Å²) in [4.78, 5) is 10.5. The third-order valence-corrected chi connectivity index (χ3v) is 2.79. The molecule has 20 heavy (non-hydrogen) atoms. The van der Waals surface area contributed by atoms with Gasteiger partial charge in [0.15, 0.2) is 0 Å². The minimum atomic E-state index is -0.775. The van der Waals surface area contributed by atoms with Crippen molar-refractivity contribution in [2.45, 2.75) is 12.8 Å². The Kier molecular flexibility index (Phi) is 4.89. The quantitative estimate of drug-likeness (QED) is 0.625. The summed E-state index contributed by atoms with van der Waals surface area (Å²) in [6.07, 6.45) is 2.44. The molecule has 0 spiro atoms. The van der Waals surface area contributed by atoms with E-state index in [4.69, 9.17) is 5.11 Å². The van der Waals surface area contributed by atoms with Gasteiger partial charge in [-0.15, -0.1) is 0 Å². The van der Waals surface area contributed by atoms with Crippen LogP contribution in [0, 0.1) is 0 Å². The molecule has 0 aliphatic carbocycles. The van der Waals surface area contributed by atoms with Crippen LogP contribution in [0.2, 0.25) is 0 Å². The molecule has 2 aromatic rings. The Bertz CT molecular complexity index is 577. The number of hydrogen-bond acceptors (Lipinski definition) is 3. The second kappa shape index (κ2) is 7.09. The van der Waals surface area contributed by atoms with Crippen molar-refractivity contribution in [3.05, 3.63) is 65.7 Å². The summed E-state index contributed by atoms with van der Waals surface area (Å²) in [6.45, 7) is 0. The zero-order valence-corrected chi connectivity index (χ0v) is 11.0. The maximum Gasteiger partial charge on any atom is 0.303 e. The number of carboxylic acids is 1. The Balaban J connectivity index is 1.88. The minimum Gasteiger partial charge on any atom is -0.481 e. The van der Waals surface area contributed by atoms with Gasteiger partial charge in [-0.3, -0.25) is 10.2 Å². The van der Waals surface area contributed by atoms with E-state index >= 15 is 0 Å². The van der Waals surface area contributed by atoms with Gasteiger partial charge < -0.3 is 5.11 Å². The van der Waals surface area contributed by atoms with Crippen LogP contribution in [0.1, 0.15) is 17.5 Å². The van der Waals surface area contributed by atoms with Crippen LogP contribution in [-0.2, 0) is 11.2 Å².